The average molecular weight is 329 g/mol. The van der Waals surface area contributed by atoms with Gasteiger partial charge < -0.3 is 4.98 Å². The number of aromatic nitrogens is 1. The molecule has 1 aliphatic rings. The van der Waals surface area contributed by atoms with E-state index in [1.54, 1.807) is 6.20 Å². The maximum Gasteiger partial charge on any atom is 0.256 e. The molecule has 1 saturated heterocycles. The molecule has 1 aliphatic heterocycles. The fourth-order valence-electron chi connectivity index (χ4n) is 2.76. The number of halogens is 1. The molecular weight excluding hydrogens is 316 g/mol. The van der Waals surface area contributed by atoms with Gasteiger partial charge in [-0.25, -0.2) is 0 Å². The molecule has 1 aromatic heterocycles. The van der Waals surface area contributed by atoms with Crippen molar-refractivity contribution in [2.45, 2.75) is 6.54 Å². The first-order valence-corrected chi connectivity index (χ1v) is 7.46. The maximum absolute atomic E-state index is 12.2. The second-order valence-corrected chi connectivity index (χ2v) is 6.19. The SMILES string of the molecule is O=c1[nH]ccc2cc(CN3CC3)c3ccc(Br)cc3c12. The lowest BCUT2D eigenvalue weighted by atomic mass is 9.98. The Morgan fingerprint density at radius 3 is 2.80 bits per heavy atom. The predicted molar refractivity (Wildman–Crippen MR) is 85.1 cm³/mol. The van der Waals surface area contributed by atoms with Crippen molar-refractivity contribution in [2.24, 2.45) is 0 Å². The fraction of sp³-hybridized carbons (Fsp3) is 0.188. The van der Waals surface area contributed by atoms with E-state index < -0.39 is 0 Å². The number of aromatic amines is 1. The number of nitrogens with one attached hydrogen (secondary N) is 1. The normalized spacial score (nSPS) is 15.1. The summed E-state index contributed by atoms with van der Waals surface area (Å²) in [4.78, 5) is 17.3. The van der Waals surface area contributed by atoms with E-state index in [1.165, 1.54) is 24.0 Å². The van der Waals surface area contributed by atoms with E-state index >= 15 is 0 Å². The molecule has 100 valence electrons. The van der Waals surface area contributed by atoms with E-state index in [0.29, 0.717) is 0 Å². The Morgan fingerprint density at radius 1 is 1.15 bits per heavy atom. The van der Waals surface area contributed by atoms with Crippen LogP contribution in [0.2, 0.25) is 0 Å². The minimum atomic E-state index is -0.0242. The van der Waals surface area contributed by atoms with Crippen LogP contribution in [0.5, 0.6) is 0 Å². The van der Waals surface area contributed by atoms with E-state index in [0.717, 1.165) is 27.2 Å². The van der Waals surface area contributed by atoms with Crippen LogP contribution in [0, 0.1) is 0 Å². The molecule has 0 unspecified atom stereocenters. The number of hydrogen-bond donors (Lipinski definition) is 1. The van der Waals surface area contributed by atoms with Gasteiger partial charge in [-0.1, -0.05) is 22.0 Å². The lowest BCUT2D eigenvalue weighted by Gasteiger charge is -2.11. The molecule has 3 aromatic rings. The highest BCUT2D eigenvalue weighted by Gasteiger charge is 2.19. The standard InChI is InChI=1S/C16H13BrN2O/c17-12-1-2-13-11(9-19-5-6-19)7-10-3-4-18-16(20)15(10)14(13)8-12/h1-4,7-8H,5-6,9H2,(H,18,20). The quantitative estimate of drug-likeness (QED) is 0.579. The van der Waals surface area contributed by atoms with Crippen LogP contribution in [-0.4, -0.2) is 23.0 Å². The molecule has 0 spiro atoms. The predicted octanol–water partition coefficient (Wildman–Crippen LogP) is 3.26. The van der Waals surface area contributed by atoms with E-state index in [9.17, 15) is 4.79 Å². The minimum absolute atomic E-state index is 0.0242. The third-order valence-corrected chi connectivity index (χ3v) is 4.35. The molecule has 0 radical (unpaired) electrons. The van der Waals surface area contributed by atoms with Gasteiger partial charge in [-0.05, 0) is 46.0 Å². The van der Waals surface area contributed by atoms with Crippen molar-refractivity contribution in [3.63, 3.8) is 0 Å². The molecule has 0 aliphatic carbocycles. The zero-order valence-electron chi connectivity index (χ0n) is 10.8. The average Bonchev–Trinajstić information content (AvgIpc) is 3.22. The molecule has 0 atom stereocenters. The van der Waals surface area contributed by atoms with Crippen molar-refractivity contribution < 1.29 is 0 Å². The molecular formula is C16H13BrN2O. The van der Waals surface area contributed by atoms with Crippen molar-refractivity contribution in [2.75, 3.05) is 13.1 Å². The van der Waals surface area contributed by atoms with E-state index in [-0.39, 0.29) is 5.56 Å². The van der Waals surface area contributed by atoms with Gasteiger partial charge in [0.2, 0.25) is 0 Å². The number of rotatable bonds is 2. The number of fused-ring (bicyclic) bond motifs is 3. The van der Waals surface area contributed by atoms with Crippen molar-refractivity contribution >= 4 is 37.5 Å². The zero-order chi connectivity index (χ0) is 13.7. The summed E-state index contributed by atoms with van der Waals surface area (Å²) in [5.41, 5.74) is 1.27. The van der Waals surface area contributed by atoms with Gasteiger partial charge in [0.15, 0.2) is 0 Å². The van der Waals surface area contributed by atoms with Crippen LogP contribution in [0.25, 0.3) is 21.5 Å². The molecule has 1 N–H and O–H groups in total. The molecule has 1 fully saturated rings. The van der Waals surface area contributed by atoms with Gasteiger partial charge in [0.1, 0.15) is 0 Å². The molecule has 2 aromatic carbocycles. The van der Waals surface area contributed by atoms with Crippen LogP contribution in [0.1, 0.15) is 5.56 Å². The lowest BCUT2D eigenvalue weighted by molar-refractivity contribution is 0.559. The van der Waals surface area contributed by atoms with Gasteiger partial charge in [0.05, 0.1) is 5.39 Å². The lowest BCUT2D eigenvalue weighted by Crippen LogP contribution is -2.06. The molecule has 20 heavy (non-hydrogen) atoms. The van der Waals surface area contributed by atoms with E-state index in [4.69, 9.17) is 0 Å². The van der Waals surface area contributed by atoms with Crippen LogP contribution in [-0.2, 0) is 6.54 Å². The third-order valence-electron chi connectivity index (χ3n) is 3.85. The van der Waals surface area contributed by atoms with Crippen LogP contribution >= 0.6 is 15.9 Å². The summed E-state index contributed by atoms with van der Waals surface area (Å²) < 4.78 is 0.999. The Labute approximate surface area is 124 Å². The second-order valence-electron chi connectivity index (χ2n) is 5.27. The van der Waals surface area contributed by atoms with Gasteiger partial charge >= 0.3 is 0 Å². The molecule has 2 heterocycles. The van der Waals surface area contributed by atoms with Crippen molar-refractivity contribution in [1.82, 2.24) is 9.88 Å². The van der Waals surface area contributed by atoms with Gasteiger partial charge in [-0.3, -0.25) is 9.69 Å². The Morgan fingerprint density at radius 2 is 2.00 bits per heavy atom. The Kier molecular flexibility index (Phi) is 2.69. The van der Waals surface area contributed by atoms with Crippen molar-refractivity contribution in [3.05, 3.63) is 56.9 Å². The molecule has 0 amide bonds. The number of pyridine rings is 1. The summed E-state index contributed by atoms with van der Waals surface area (Å²) in [6, 6.07) is 10.3. The highest BCUT2D eigenvalue weighted by Crippen LogP contribution is 2.30. The van der Waals surface area contributed by atoms with Gasteiger partial charge in [-0.2, -0.15) is 0 Å². The van der Waals surface area contributed by atoms with Gasteiger partial charge in [0.25, 0.3) is 5.56 Å². The van der Waals surface area contributed by atoms with Gasteiger partial charge in [0, 0.05) is 30.3 Å². The van der Waals surface area contributed by atoms with E-state index in [1.807, 2.05) is 18.2 Å². The summed E-state index contributed by atoms with van der Waals surface area (Å²) in [6.07, 6.45) is 1.72. The Balaban J connectivity index is 2.14. The minimum Gasteiger partial charge on any atom is -0.329 e. The van der Waals surface area contributed by atoms with Crippen LogP contribution in [0.4, 0.5) is 0 Å². The van der Waals surface area contributed by atoms with Gasteiger partial charge in [-0.15, -0.1) is 0 Å². The smallest absolute Gasteiger partial charge is 0.256 e. The molecule has 0 bridgehead atoms. The fourth-order valence-corrected chi connectivity index (χ4v) is 3.12. The second kappa shape index (κ2) is 4.43. The third kappa shape index (κ3) is 1.96. The Bertz CT molecular complexity index is 881. The zero-order valence-corrected chi connectivity index (χ0v) is 12.4. The molecule has 4 heteroatoms. The number of H-pyrrole nitrogens is 1. The number of hydrogen-bond acceptors (Lipinski definition) is 2. The molecule has 0 saturated carbocycles. The Hall–Kier alpha value is -1.65. The van der Waals surface area contributed by atoms with Crippen LogP contribution in [0.3, 0.4) is 0 Å². The van der Waals surface area contributed by atoms with Crippen molar-refractivity contribution in [3.8, 4) is 0 Å². The first-order valence-electron chi connectivity index (χ1n) is 6.67. The maximum atomic E-state index is 12.2. The largest absolute Gasteiger partial charge is 0.329 e. The molecule has 3 nitrogen and oxygen atoms in total. The summed E-state index contributed by atoms with van der Waals surface area (Å²) in [7, 11) is 0. The monoisotopic (exact) mass is 328 g/mol. The number of nitrogens with zero attached hydrogens (tertiary/aromatic N) is 1. The highest BCUT2D eigenvalue weighted by atomic mass is 79.9. The topological polar surface area (TPSA) is 35.9 Å². The highest BCUT2D eigenvalue weighted by molar-refractivity contribution is 9.10. The summed E-state index contributed by atoms with van der Waals surface area (Å²) in [5.74, 6) is 0. The summed E-state index contributed by atoms with van der Waals surface area (Å²) in [6.45, 7) is 3.30. The first kappa shape index (κ1) is 12.1. The van der Waals surface area contributed by atoms with Crippen LogP contribution < -0.4 is 5.56 Å². The first-order chi connectivity index (χ1) is 9.72. The van der Waals surface area contributed by atoms with E-state index in [2.05, 4.69) is 37.9 Å². The van der Waals surface area contributed by atoms with Crippen molar-refractivity contribution in [1.29, 1.82) is 0 Å². The summed E-state index contributed by atoms with van der Waals surface area (Å²) >= 11 is 3.51. The number of benzene rings is 2. The van der Waals surface area contributed by atoms with Crippen LogP contribution in [0.15, 0.2) is 45.8 Å². The molecule has 4 rings (SSSR count). The summed E-state index contributed by atoms with van der Waals surface area (Å²) in [5, 5.41) is 3.98.